The summed E-state index contributed by atoms with van der Waals surface area (Å²) in [5, 5.41) is 0.365. The summed E-state index contributed by atoms with van der Waals surface area (Å²) >= 11 is 0. The van der Waals surface area contributed by atoms with Crippen LogP contribution in [0, 0.1) is 6.92 Å². The van der Waals surface area contributed by atoms with E-state index in [4.69, 9.17) is 4.52 Å². The fourth-order valence-electron chi connectivity index (χ4n) is 1.14. The minimum atomic E-state index is -3.59. The lowest BCUT2D eigenvalue weighted by atomic mass is 10.2. The Kier molecular flexibility index (Phi) is 4.52. The largest absolute Gasteiger partial charge is 0.358 e. The van der Waals surface area contributed by atoms with Gasteiger partial charge in [0.15, 0.2) is 0 Å². The van der Waals surface area contributed by atoms with E-state index in [2.05, 4.69) is 0 Å². The molecule has 0 amide bonds. The lowest BCUT2D eigenvalue weighted by Gasteiger charge is -2.11. The van der Waals surface area contributed by atoms with Crippen LogP contribution >= 0.6 is 7.60 Å². The molecule has 1 atom stereocenters. The highest BCUT2D eigenvalue weighted by Gasteiger charge is 2.21. The van der Waals surface area contributed by atoms with E-state index in [9.17, 15) is 9.46 Å². The second-order valence-corrected chi connectivity index (χ2v) is 5.36. The molecule has 15 heavy (non-hydrogen) atoms. The van der Waals surface area contributed by atoms with Gasteiger partial charge in [-0.15, -0.1) is 0 Å². The zero-order valence-electron chi connectivity index (χ0n) is 9.14. The Morgan fingerprint density at radius 3 is 2.47 bits per heavy atom. The molecule has 0 radical (unpaired) electrons. The SMILES string of the molecule is CCCCOP(=O)(O)c1ccc(C)cc1. The van der Waals surface area contributed by atoms with Crippen LogP contribution in [0.2, 0.25) is 0 Å². The molecule has 1 unspecified atom stereocenters. The van der Waals surface area contributed by atoms with E-state index in [1.807, 2.05) is 13.8 Å². The van der Waals surface area contributed by atoms with Gasteiger partial charge in [0, 0.05) is 0 Å². The number of hydrogen-bond acceptors (Lipinski definition) is 2. The van der Waals surface area contributed by atoms with Gasteiger partial charge in [0.25, 0.3) is 0 Å². The van der Waals surface area contributed by atoms with Crippen LogP contribution in [0.15, 0.2) is 24.3 Å². The molecule has 0 spiro atoms. The van der Waals surface area contributed by atoms with Crippen molar-refractivity contribution in [3.8, 4) is 0 Å². The summed E-state index contributed by atoms with van der Waals surface area (Å²) < 4.78 is 16.7. The van der Waals surface area contributed by atoms with E-state index < -0.39 is 7.60 Å². The van der Waals surface area contributed by atoms with Gasteiger partial charge in [0.1, 0.15) is 0 Å². The maximum atomic E-state index is 11.7. The van der Waals surface area contributed by atoms with Crippen molar-refractivity contribution in [1.29, 1.82) is 0 Å². The minimum Gasteiger partial charge on any atom is -0.321 e. The predicted molar refractivity (Wildman–Crippen MR) is 61.5 cm³/mol. The fourth-order valence-corrected chi connectivity index (χ4v) is 2.19. The summed E-state index contributed by atoms with van der Waals surface area (Å²) in [4.78, 5) is 9.64. The summed E-state index contributed by atoms with van der Waals surface area (Å²) in [7, 11) is -3.59. The van der Waals surface area contributed by atoms with Gasteiger partial charge in [0.2, 0.25) is 0 Å². The number of hydrogen-bond donors (Lipinski definition) is 1. The van der Waals surface area contributed by atoms with E-state index in [-0.39, 0.29) is 0 Å². The number of aryl methyl sites for hydroxylation is 1. The molecule has 0 saturated heterocycles. The molecule has 3 nitrogen and oxygen atoms in total. The quantitative estimate of drug-likeness (QED) is 0.622. The average Bonchev–Trinajstić information content (AvgIpc) is 2.18. The van der Waals surface area contributed by atoms with Gasteiger partial charge in [-0.25, -0.2) is 0 Å². The van der Waals surface area contributed by atoms with Crippen molar-refractivity contribution in [2.45, 2.75) is 26.7 Å². The van der Waals surface area contributed by atoms with Crippen LogP contribution in [-0.4, -0.2) is 11.5 Å². The average molecular weight is 228 g/mol. The molecular formula is C11H17O3P. The first-order chi connectivity index (χ1) is 7.06. The molecule has 0 aliphatic heterocycles. The van der Waals surface area contributed by atoms with Crippen molar-refractivity contribution in [1.82, 2.24) is 0 Å². The van der Waals surface area contributed by atoms with Gasteiger partial charge in [0.05, 0.1) is 11.9 Å². The van der Waals surface area contributed by atoms with Crippen molar-refractivity contribution < 1.29 is 14.0 Å². The normalized spacial score (nSPS) is 14.9. The molecule has 1 rings (SSSR count). The standard InChI is InChI=1S/C11H17O3P/c1-3-4-9-14-15(12,13)11-7-5-10(2)6-8-11/h5-8H,3-4,9H2,1-2H3,(H,12,13). The summed E-state index contributed by atoms with van der Waals surface area (Å²) in [6.07, 6.45) is 1.75. The Balaban J connectivity index is 2.68. The van der Waals surface area contributed by atoms with Crippen molar-refractivity contribution in [3.63, 3.8) is 0 Å². The lowest BCUT2D eigenvalue weighted by Crippen LogP contribution is -2.07. The van der Waals surface area contributed by atoms with Gasteiger partial charge in [-0.1, -0.05) is 31.0 Å². The molecule has 0 saturated carbocycles. The Bertz CT molecular complexity index is 345. The van der Waals surface area contributed by atoms with Gasteiger partial charge in [-0.05, 0) is 25.5 Å². The molecule has 1 aromatic rings. The maximum absolute atomic E-state index is 11.7. The second-order valence-electron chi connectivity index (χ2n) is 3.54. The molecular weight excluding hydrogens is 211 g/mol. The Labute approximate surface area is 90.6 Å². The molecule has 1 N–H and O–H groups in total. The van der Waals surface area contributed by atoms with Crippen molar-refractivity contribution in [2.75, 3.05) is 6.61 Å². The van der Waals surface area contributed by atoms with Crippen LogP contribution < -0.4 is 5.30 Å². The maximum Gasteiger partial charge on any atom is 0.358 e. The monoisotopic (exact) mass is 228 g/mol. The van der Waals surface area contributed by atoms with Crippen LogP contribution in [0.25, 0.3) is 0 Å². The minimum absolute atomic E-state index is 0.332. The van der Waals surface area contributed by atoms with Crippen LogP contribution in [0.5, 0.6) is 0 Å². The molecule has 0 heterocycles. The summed E-state index contributed by atoms with van der Waals surface area (Å²) in [6, 6.07) is 6.90. The third kappa shape index (κ3) is 3.78. The Hall–Kier alpha value is -0.630. The van der Waals surface area contributed by atoms with Crippen molar-refractivity contribution in [2.24, 2.45) is 0 Å². The zero-order valence-corrected chi connectivity index (χ0v) is 10.0. The van der Waals surface area contributed by atoms with E-state index >= 15 is 0 Å². The highest BCUT2D eigenvalue weighted by molar-refractivity contribution is 7.61. The van der Waals surface area contributed by atoms with Crippen LogP contribution in [0.4, 0.5) is 0 Å². The third-order valence-electron chi connectivity index (χ3n) is 2.12. The van der Waals surface area contributed by atoms with Crippen LogP contribution in [0.3, 0.4) is 0 Å². The summed E-state index contributed by atoms with van der Waals surface area (Å²) in [5.74, 6) is 0. The first-order valence-corrected chi connectivity index (χ1v) is 6.68. The third-order valence-corrected chi connectivity index (χ3v) is 3.61. The molecule has 0 bridgehead atoms. The molecule has 0 aliphatic rings. The van der Waals surface area contributed by atoms with Gasteiger partial charge < -0.3 is 9.42 Å². The smallest absolute Gasteiger partial charge is 0.321 e. The van der Waals surface area contributed by atoms with Crippen LogP contribution in [-0.2, 0) is 9.09 Å². The first-order valence-electron chi connectivity index (χ1n) is 5.11. The van der Waals surface area contributed by atoms with E-state index in [0.717, 1.165) is 18.4 Å². The van der Waals surface area contributed by atoms with E-state index in [0.29, 0.717) is 11.9 Å². The number of benzene rings is 1. The highest BCUT2D eigenvalue weighted by Crippen LogP contribution is 2.40. The number of rotatable bonds is 5. The van der Waals surface area contributed by atoms with E-state index in [1.165, 1.54) is 0 Å². The molecule has 1 aromatic carbocycles. The molecule has 84 valence electrons. The molecule has 0 aromatic heterocycles. The van der Waals surface area contributed by atoms with E-state index in [1.54, 1.807) is 24.3 Å². The van der Waals surface area contributed by atoms with Gasteiger partial charge >= 0.3 is 7.60 Å². The fraction of sp³-hybridized carbons (Fsp3) is 0.455. The molecule has 0 fully saturated rings. The summed E-state index contributed by atoms with van der Waals surface area (Å²) in [6.45, 7) is 4.28. The van der Waals surface area contributed by atoms with Gasteiger partial charge in [-0.2, -0.15) is 0 Å². The second kappa shape index (κ2) is 5.45. The lowest BCUT2D eigenvalue weighted by molar-refractivity contribution is 0.264. The van der Waals surface area contributed by atoms with Gasteiger partial charge in [-0.3, -0.25) is 4.57 Å². The van der Waals surface area contributed by atoms with Crippen LogP contribution in [0.1, 0.15) is 25.3 Å². The van der Waals surface area contributed by atoms with Crippen molar-refractivity contribution in [3.05, 3.63) is 29.8 Å². The topological polar surface area (TPSA) is 46.5 Å². The highest BCUT2D eigenvalue weighted by atomic mass is 31.2. The first kappa shape index (κ1) is 12.4. The Morgan fingerprint density at radius 1 is 1.33 bits per heavy atom. The molecule has 0 aliphatic carbocycles. The predicted octanol–water partition coefficient (Wildman–Crippen LogP) is 2.62. The summed E-state index contributed by atoms with van der Waals surface area (Å²) in [5.41, 5.74) is 1.06. The zero-order chi connectivity index (χ0) is 11.3. The molecule has 4 heteroatoms. The van der Waals surface area contributed by atoms with Crippen molar-refractivity contribution >= 4 is 12.9 Å². The Morgan fingerprint density at radius 2 is 1.93 bits per heavy atom. The number of unbranched alkanes of at least 4 members (excludes halogenated alkanes) is 1.